The molecule has 94 valence electrons. The highest BCUT2D eigenvalue weighted by Crippen LogP contribution is 2.30. The van der Waals surface area contributed by atoms with Crippen LogP contribution in [0.25, 0.3) is 0 Å². The fourth-order valence-corrected chi connectivity index (χ4v) is 1.47. The first-order chi connectivity index (χ1) is 7.94. The van der Waals surface area contributed by atoms with Crippen molar-refractivity contribution in [3.05, 3.63) is 29.6 Å². The monoisotopic (exact) mass is 268 g/mol. The fourth-order valence-electron chi connectivity index (χ4n) is 1.07. The van der Waals surface area contributed by atoms with Gasteiger partial charge in [-0.3, -0.25) is 4.79 Å². The average Bonchev–Trinajstić information content (AvgIpc) is 2.24. The lowest BCUT2D eigenvalue weighted by molar-refractivity contribution is -0.0329. The molecule has 0 aliphatic rings. The topological polar surface area (TPSA) is 26.3 Å². The van der Waals surface area contributed by atoms with E-state index in [1.165, 1.54) is 12.1 Å². The number of para-hydroxylation sites is 1. The number of halogens is 4. The normalized spacial score (nSPS) is 11.3. The van der Waals surface area contributed by atoms with Gasteiger partial charge in [0, 0.05) is 5.75 Å². The van der Waals surface area contributed by atoms with Gasteiger partial charge in [0.2, 0.25) is 0 Å². The molecule has 7 heteroatoms. The molecule has 2 nitrogen and oxygen atoms in total. The van der Waals surface area contributed by atoms with Crippen molar-refractivity contribution >= 4 is 18.0 Å². The quantitative estimate of drug-likeness (QED) is 0.466. The van der Waals surface area contributed by atoms with E-state index in [9.17, 15) is 22.4 Å². The van der Waals surface area contributed by atoms with Crippen LogP contribution in [0.2, 0.25) is 0 Å². The van der Waals surface area contributed by atoms with E-state index < -0.39 is 11.3 Å². The molecule has 0 spiro atoms. The molecule has 0 fully saturated rings. The molecule has 0 aromatic heterocycles. The highest BCUT2D eigenvalue weighted by Gasteiger charge is 2.27. The molecule has 0 N–H and O–H groups in total. The summed E-state index contributed by atoms with van der Waals surface area (Å²) in [4.78, 5) is 10.5. The molecule has 0 radical (unpaired) electrons. The average molecular weight is 268 g/mol. The number of aldehydes is 1. The zero-order valence-corrected chi connectivity index (χ0v) is 9.28. The number of hydrogen-bond donors (Lipinski definition) is 0. The molecule has 0 aliphatic heterocycles. The lowest BCUT2D eigenvalue weighted by atomic mass is 10.2. The molecule has 0 bridgehead atoms. The van der Waals surface area contributed by atoms with Gasteiger partial charge in [0.15, 0.2) is 17.9 Å². The zero-order chi connectivity index (χ0) is 12.9. The Morgan fingerprint density at radius 1 is 1.35 bits per heavy atom. The molecule has 17 heavy (non-hydrogen) atoms. The fraction of sp³-hybridized carbons (Fsp3) is 0.300. The van der Waals surface area contributed by atoms with Gasteiger partial charge in [-0.2, -0.15) is 13.2 Å². The maximum Gasteiger partial charge on any atom is 0.441 e. The summed E-state index contributed by atoms with van der Waals surface area (Å²) in [6.45, 7) is -0.327. The predicted molar refractivity (Wildman–Crippen MR) is 55.8 cm³/mol. The van der Waals surface area contributed by atoms with E-state index in [1.807, 2.05) is 0 Å². The van der Waals surface area contributed by atoms with E-state index in [-0.39, 0.29) is 35.4 Å². The predicted octanol–water partition coefficient (Wildman–Crippen LogP) is 3.27. The SMILES string of the molecule is O=Cc1cccc(F)c1OCCSC(F)(F)F. The van der Waals surface area contributed by atoms with Crippen molar-refractivity contribution in [2.75, 3.05) is 12.4 Å². The minimum absolute atomic E-state index is 0.0259. The summed E-state index contributed by atoms with van der Waals surface area (Å²) in [6, 6.07) is 3.71. The number of alkyl halides is 3. The van der Waals surface area contributed by atoms with Crippen LogP contribution in [0.3, 0.4) is 0 Å². The Morgan fingerprint density at radius 3 is 2.65 bits per heavy atom. The van der Waals surface area contributed by atoms with Crippen LogP contribution in [-0.2, 0) is 0 Å². The number of carbonyl (C=O) groups is 1. The van der Waals surface area contributed by atoms with Crippen molar-refractivity contribution in [3.8, 4) is 5.75 Å². The molecule has 0 aliphatic carbocycles. The highest BCUT2D eigenvalue weighted by molar-refractivity contribution is 8.00. The van der Waals surface area contributed by atoms with E-state index in [4.69, 9.17) is 4.74 Å². The first-order valence-corrected chi connectivity index (χ1v) is 5.50. The first-order valence-electron chi connectivity index (χ1n) is 4.51. The Hall–Kier alpha value is -1.24. The number of hydrogen-bond acceptors (Lipinski definition) is 3. The van der Waals surface area contributed by atoms with Crippen molar-refractivity contribution < 1.29 is 27.1 Å². The van der Waals surface area contributed by atoms with Crippen LogP contribution in [0.15, 0.2) is 18.2 Å². The van der Waals surface area contributed by atoms with Crippen molar-refractivity contribution in [3.63, 3.8) is 0 Å². The minimum atomic E-state index is -4.34. The zero-order valence-electron chi connectivity index (χ0n) is 8.46. The summed E-state index contributed by atoms with van der Waals surface area (Å²) in [5, 5.41) is 0. The van der Waals surface area contributed by atoms with Gasteiger partial charge in [-0.15, -0.1) is 0 Å². The van der Waals surface area contributed by atoms with Gasteiger partial charge in [0.1, 0.15) is 0 Å². The summed E-state index contributed by atoms with van der Waals surface area (Å²) in [6.07, 6.45) is 0.384. The summed E-state index contributed by atoms with van der Waals surface area (Å²) >= 11 is -0.264. The Kier molecular flexibility index (Phi) is 4.80. The molecule has 1 aromatic rings. The Morgan fingerprint density at radius 2 is 2.06 bits per heavy atom. The molecule has 0 heterocycles. The molecule has 0 saturated heterocycles. The second-order valence-electron chi connectivity index (χ2n) is 2.92. The molecule has 1 rings (SSSR count). The van der Waals surface area contributed by atoms with Crippen LogP contribution < -0.4 is 4.74 Å². The van der Waals surface area contributed by atoms with E-state index in [0.29, 0.717) is 6.29 Å². The summed E-state index contributed by atoms with van der Waals surface area (Å²) in [7, 11) is 0. The number of carbonyl (C=O) groups excluding carboxylic acids is 1. The maximum absolute atomic E-state index is 13.2. The molecule has 0 atom stereocenters. The standard InChI is InChI=1S/C10H8F4O2S/c11-8-3-1-2-7(6-15)9(8)16-4-5-17-10(12,13)14/h1-3,6H,4-5H2. The van der Waals surface area contributed by atoms with E-state index in [2.05, 4.69) is 0 Å². The van der Waals surface area contributed by atoms with E-state index in [1.54, 1.807) is 0 Å². The van der Waals surface area contributed by atoms with Crippen LogP contribution in [0.5, 0.6) is 5.75 Å². The van der Waals surface area contributed by atoms with Gasteiger partial charge in [-0.1, -0.05) is 6.07 Å². The van der Waals surface area contributed by atoms with Gasteiger partial charge in [-0.05, 0) is 23.9 Å². The lowest BCUT2D eigenvalue weighted by Gasteiger charge is -2.09. The van der Waals surface area contributed by atoms with Crippen LogP contribution in [-0.4, -0.2) is 24.2 Å². The summed E-state index contributed by atoms with van der Waals surface area (Å²) < 4.78 is 53.4. The van der Waals surface area contributed by atoms with Crippen molar-refractivity contribution in [2.45, 2.75) is 5.51 Å². The lowest BCUT2D eigenvalue weighted by Crippen LogP contribution is -2.09. The van der Waals surface area contributed by atoms with Crippen LogP contribution >= 0.6 is 11.8 Å². The highest BCUT2D eigenvalue weighted by atomic mass is 32.2. The number of thioether (sulfide) groups is 1. The largest absolute Gasteiger partial charge is 0.489 e. The van der Waals surface area contributed by atoms with E-state index in [0.717, 1.165) is 6.07 Å². The van der Waals surface area contributed by atoms with Crippen molar-refractivity contribution in [1.82, 2.24) is 0 Å². The molecule has 0 amide bonds. The molecule has 0 saturated carbocycles. The summed E-state index contributed by atoms with van der Waals surface area (Å²) in [5.41, 5.74) is -4.37. The second-order valence-corrected chi connectivity index (χ2v) is 4.08. The van der Waals surface area contributed by atoms with Gasteiger partial charge in [0.05, 0.1) is 12.2 Å². The van der Waals surface area contributed by atoms with Crippen molar-refractivity contribution in [1.29, 1.82) is 0 Å². The van der Waals surface area contributed by atoms with Crippen LogP contribution in [0.4, 0.5) is 17.6 Å². The van der Waals surface area contributed by atoms with Gasteiger partial charge < -0.3 is 4.74 Å². The first kappa shape index (κ1) is 13.8. The molecule has 0 unspecified atom stereocenters. The van der Waals surface area contributed by atoms with Gasteiger partial charge in [0.25, 0.3) is 0 Å². The van der Waals surface area contributed by atoms with Crippen LogP contribution in [0.1, 0.15) is 10.4 Å². The molecular weight excluding hydrogens is 260 g/mol. The third-order valence-corrected chi connectivity index (χ3v) is 2.42. The van der Waals surface area contributed by atoms with Crippen LogP contribution in [0, 0.1) is 5.82 Å². The second kappa shape index (κ2) is 5.90. The Bertz CT molecular complexity index is 392. The smallest absolute Gasteiger partial charge is 0.441 e. The summed E-state index contributed by atoms with van der Waals surface area (Å²) in [5.74, 6) is -1.45. The van der Waals surface area contributed by atoms with Gasteiger partial charge in [-0.25, -0.2) is 4.39 Å². The Labute approximate surface area is 99.0 Å². The minimum Gasteiger partial charge on any atom is -0.489 e. The van der Waals surface area contributed by atoms with E-state index >= 15 is 0 Å². The third-order valence-electron chi connectivity index (χ3n) is 1.72. The Balaban J connectivity index is 2.54. The number of benzene rings is 1. The number of ether oxygens (including phenoxy) is 1. The third kappa shape index (κ3) is 4.64. The van der Waals surface area contributed by atoms with Gasteiger partial charge >= 0.3 is 5.51 Å². The van der Waals surface area contributed by atoms with Crippen molar-refractivity contribution in [2.24, 2.45) is 0 Å². The number of rotatable bonds is 5. The molecular formula is C10H8F4O2S. The maximum atomic E-state index is 13.2. The molecule has 1 aromatic carbocycles.